The summed E-state index contributed by atoms with van der Waals surface area (Å²) in [7, 11) is 0. The Morgan fingerprint density at radius 3 is 2.85 bits per heavy atom. The lowest BCUT2D eigenvalue weighted by Gasteiger charge is -2.11. The van der Waals surface area contributed by atoms with Crippen LogP contribution in [0.3, 0.4) is 0 Å². The highest BCUT2D eigenvalue weighted by Gasteiger charge is 2.32. The van der Waals surface area contributed by atoms with Crippen LogP contribution in [-0.4, -0.2) is 21.5 Å². The molecule has 1 N–H and O–H groups in total. The molecule has 0 aliphatic carbocycles. The van der Waals surface area contributed by atoms with Crippen molar-refractivity contribution in [2.75, 3.05) is 6.61 Å². The van der Waals surface area contributed by atoms with Gasteiger partial charge in [-0.1, -0.05) is 6.58 Å². The third kappa shape index (κ3) is 2.12. The number of halogens is 2. The maximum atomic E-state index is 13.1. The van der Waals surface area contributed by atoms with Crippen LogP contribution in [-0.2, 0) is 5.92 Å². The van der Waals surface area contributed by atoms with Gasteiger partial charge in [0.2, 0.25) is 0 Å². The number of nitrogens with zero attached hydrogens (tertiary/aromatic N) is 2. The van der Waals surface area contributed by atoms with Crippen molar-refractivity contribution in [2.45, 2.75) is 12.3 Å². The Labute approximate surface area is 74.3 Å². The van der Waals surface area contributed by atoms with Crippen LogP contribution in [0.2, 0.25) is 0 Å². The predicted molar refractivity (Wildman–Crippen MR) is 44.2 cm³/mol. The van der Waals surface area contributed by atoms with Gasteiger partial charge in [-0.2, -0.15) is 5.10 Å². The van der Waals surface area contributed by atoms with Crippen molar-refractivity contribution in [3.63, 3.8) is 0 Å². The first-order valence-corrected chi connectivity index (χ1v) is 3.76. The zero-order valence-electron chi connectivity index (χ0n) is 6.95. The van der Waals surface area contributed by atoms with Gasteiger partial charge in [0.1, 0.15) is 0 Å². The molecule has 1 rings (SSSR count). The maximum Gasteiger partial charge on any atom is 0.278 e. The van der Waals surface area contributed by atoms with E-state index in [9.17, 15) is 8.78 Å². The standard InChI is InChI=1S/C8H10F2N2O/c1-2-12-6-7(5-11-12)8(9,10)3-4-13/h2,5-6,13H,1,3-4H2. The summed E-state index contributed by atoms with van der Waals surface area (Å²) in [5.74, 6) is -3.02. The first kappa shape index (κ1) is 9.85. The fraction of sp³-hybridized carbons (Fsp3) is 0.375. The molecule has 0 aromatic carbocycles. The van der Waals surface area contributed by atoms with E-state index in [-0.39, 0.29) is 5.56 Å². The number of rotatable bonds is 4. The number of aliphatic hydroxyl groups excluding tert-OH is 1. The molecular formula is C8H10F2N2O. The average Bonchev–Trinajstić information content (AvgIpc) is 2.52. The molecule has 0 amide bonds. The van der Waals surface area contributed by atoms with Gasteiger partial charge in [0, 0.05) is 25.4 Å². The fourth-order valence-corrected chi connectivity index (χ4v) is 0.912. The summed E-state index contributed by atoms with van der Waals surface area (Å²) in [6, 6.07) is 0. The Morgan fingerprint density at radius 2 is 2.38 bits per heavy atom. The van der Waals surface area contributed by atoms with E-state index in [1.807, 2.05) is 0 Å². The lowest BCUT2D eigenvalue weighted by Crippen LogP contribution is -2.14. The summed E-state index contributed by atoms with van der Waals surface area (Å²) in [6.45, 7) is 2.83. The van der Waals surface area contributed by atoms with Crippen LogP contribution in [0.25, 0.3) is 6.20 Å². The molecule has 0 fully saturated rings. The Balaban J connectivity index is 2.86. The van der Waals surface area contributed by atoms with Crippen LogP contribution < -0.4 is 0 Å². The van der Waals surface area contributed by atoms with Crippen molar-refractivity contribution >= 4 is 6.20 Å². The largest absolute Gasteiger partial charge is 0.396 e. The van der Waals surface area contributed by atoms with Gasteiger partial charge in [-0.3, -0.25) is 0 Å². The first-order valence-electron chi connectivity index (χ1n) is 3.76. The highest BCUT2D eigenvalue weighted by Crippen LogP contribution is 2.30. The molecule has 0 unspecified atom stereocenters. The summed E-state index contributed by atoms with van der Waals surface area (Å²) < 4.78 is 27.3. The molecular weight excluding hydrogens is 178 g/mol. The summed E-state index contributed by atoms with van der Waals surface area (Å²) in [4.78, 5) is 0. The molecule has 3 nitrogen and oxygen atoms in total. The molecule has 72 valence electrons. The first-order chi connectivity index (χ1) is 6.10. The van der Waals surface area contributed by atoms with Crippen molar-refractivity contribution in [3.05, 3.63) is 24.5 Å². The monoisotopic (exact) mass is 188 g/mol. The van der Waals surface area contributed by atoms with Crippen LogP contribution in [0.4, 0.5) is 8.78 Å². The van der Waals surface area contributed by atoms with Crippen molar-refractivity contribution in [1.82, 2.24) is 9.78 Å². The van der Waals surface area contributed by atoms with Gasteiger partial charge in [-0.25, -0.2) is 13.5 Å². The second-order valence-corrected chi connectivity index (χ2v) is 2.57. The van der Waals surface area contributed by atoms with E-state index >= 15 is 0 Å². The molecule has 1 aromatic rings. The average molecular weight is 188 g/mol. The maximum absolute atomic E-state index is 13.1. The van der Waals surface area contributed by atoms with Crippen molar-refractivity contribution < 1.29 is 13.9 Å². The van der Waals surface area contributed by atoms with Crippen LogP contribution in [0.5, 0.6) is 0 Å². The second-order valence-electron chi connectivity index (χ2n) is 2.57. The van der Waals surface area contributed by atoms with Gasteiger partial charge in [0.05, 0.1) is 11.8 Å². The van der Waals surface area contributed by atoms with Gasteiger partial charge in [-0.05, 0) is 0 Å². The van der Waals surface area contributed by atoms with Crippen LogP contribution in [0, 0.1) is 0 Å². The molecule has 0 atom stereocenters. The van der Waals surface area contributed by atoms with Gasteiger partial charge in [0.15, 0.2) is 0 Å². The summed E-state index contributed by atoms with van der Waals surface area (Å²) in [6.07, 6.45) is 2.98. The topological polar surface area (TPSA) is 38.0 Å². The molecule has 1 heterocycles. The molecule has 0 spiro atoms. The van der Waals surface area contributed by atoms with E-state index in [0.29, 0.717) is 0 Å². The highest BCUT2D eigenvalue weighted by molar-refractivity contribution is 5.20. The highest BCUT2D eigenvalue weighted by atomic mass is 19.3. The molecule has 0 aliphatic rings. The lowest BCUT2D eigenvalue weighted by molar-refractivity contribution is -0.0269. The lowest BCUT2D eigenvalue weighted by atomic mass is 10.1. The van der Waals surface area contributed by atoms with E-state index < -0.39 is 19.0 Å². The smallest absolute Gasteiger partial charge is 0.278 e. The van der Waals surface area contributed by atoms with Crippen molar-refractivity contribution in [3.8, 4) is 0 Å². The normalized spacial score (nSPS) is 11.6. The van der Waals surface area contributed by atoms with Crippen LogP contribution in [0.15, 0.2) is 19.0 Å². The second kappa shape index (κ2) is 3.66. The Kier molecular flexibility index (Phi) is 2.77. The summed E-state index contributed by atoms with van der Waals surface area (Å²) in [5.41, 5.74) is -0.207. The fourth-order valence-electron chi connectivity index (χ4n) is 0.912. The Morgan fingerprint density at radius 1 is 1.69 bits per heavy atom. The summed E-state index contributed by atoms with van der Waals surface area (Å²) >= 11 is 0. The predicted octanol–water partition coefficient (Wildman–Crippen LogP) is 1.46. The third-order valence-corrected chi connectivity index (χ3v) is 1.64. The zero-order chi connectivity index (χ0) is 9.90. The van der Waals surface area contributed by atoms with Crippen molar-refractivity contribution in [2.24, 2.45) is 0 Å². The molecule has 0 aliphatic heterocycles. The number of hydrogen-bond donors (Lipinski definition) is 1. The quantitative estimate of drug-likeness (QED) is 0.776. The van der Waals surface area contributed by atoms with Crippen LogP contribution in [0.1, 0.15) is 12.0 Å². The van der Waals surface area contributed by atoms with Crippen LogP contribution >= 0.6 is 0 Å². The minimum atomic E-state index is -3.02. The molecule has 0 saturated carbocycles. The number of alkyl halides is 2. The Hall–Kier alpha value is -1.23. The van der Waals surface area contributed by atoms with Gasteiger partial charge >= 0.3 is 0 Å². The SMILES string of the molecule is C=Cn1cc(C(F)(F)CCO)cn1. The van der Waals surface area contributed by atoms with Crippen molar-refractivity contribution in [1.29, 1.82) is 0 Å². The van der Waals surface area contributed by atoms with E-state index in [1.54, 1.807) is 0 Å². The van der Waals surface area contributed by atoms with E-state index in [0.717, 1.165) is 6.20 Å². The minimum absolute atomic E-state index is 0.207. The number of hydrogen-bond acceptors (Lipinski definition) is 2. The molecule has 1 aromatic heterocycles. The Bertz CT molecular complexity index is 296. The number of aliphatic hydroxyl groups is 1. The van der Waals surface area contributed by atoms with E-state index in [1.165, 1.54) is 17.1 Å². The van der Waals surface area contributed by atoms with E-state index in [2.05, 4.69) is 11.7 Å². The zero-order valence-corrected chi connectivity index (χ0v) is 6.95. The molecule has 0 radical (unpaired) electrons. The molecule has 0 bridgehead atoms. The third-order valence-electron chi connectivity index (χ3n) is 1.64. The summed E-state index contributed by atoms with van der Waals surface area (Å²) in [5, 5.41) is 12.0. The molecule has 0 saturated heterocycles. The van der Waals surface area contributed by atoms with E-state index in [4.69, 9.17) is 5.11 Å². The van der Waals surface area contributed by atoms with Gasteiger partial charge < -0.3 is 5.11 Å². The van der Waals surface area contributed by atoms with Gasteiger partial charge in [-0.15, -0.1) is 0 Å². The minimum Gasteiger partial charge on any atom is -0.396 e. The molecule has 13 heavy (non-hydrogen) atoms. The number of aromatic nitrogens is 2. The molecule has 5 heteroatoms. The van der Waals surface area contributed by atoms with Gasteiger partial charge in [0.25, 0.3) is 5.92 Å².